The number of para-hydroxylation sites is 1. The first-order valence-corrected chi connectivity index (χ1v) is 12.1. The minimum Gasteiger partial charge on any atom is -0.376 e. The fourth-order valence-electron chi connectivity index (χ4n) is 5.53. The molecule has 1 unspecified atom stereocenters. The SMILES string of the molecule is Cc1cccc2cc([C@@H](c3nnnn3C[C@@H]3CCCO3)[NH+]3CCc4ccccc4C3)c(=O)[nH]c12. The molecular weight excluding hydrogens is 428 g/mol. The van der Waals surface area contributed by atoms with Crippen molar-refractivity contribution >= 4 is 10.9 Å². The predicted molar refractivity (Wildman–Crippen MR) is 128 cm³/mol. The standard InChI is InChI=1S/C26H28N6O2/c1-17-6-4-9-19-14-22(26(33)27-23(17)19)24(31-12-11-18-7-2-3-8-20(18)15-31)25-28-29-30-32(25)16-21-10-5-13-34-21/h2-4,6-9,14,21,24H,5,10-13,15-16H2,1H3,(H,27,33)/p+1/t21-,24-/m0/s1. The molecule has 34 heavy (non-hydrogen) atoms. The molecule has 4 aromatic rings. The summed E-state index contributed by atoms with van der Waals surface area (Å²) in [6, 6.07) is 16.4. The van der Waals surface area contributed by atoms with Gasteiger partial charge < -0.3 is 14.6 Å². The zero-order valence-corrected chi connectivity index (χ0v) is 19.3. The van der Waals surface area contributed by atoms with Crippen LogP contribution < -0.4 is 10.5 Å². The van der Waals surface area contributed by atoms with Gasteiger partial charge in [0.15, 0.2) is 6.04 Å². The molecule has 2 N–H and O–H groups in total. The normalized spacial score (nSPS) is 21.0. The Morgan fingerprint density at radius 3 is 2.94 bits per heavy atom. The highest BCUT2D eigenvalue weighted by Gasteiger charge is 2.36. The maximum absolute atomic E-state index is 13.5. The van der Waals surface area contributed by atoms with Gasteiger partial charge in [-0.05, 0) is 52.8 Å². The van der Waals surface area contributed by atoms with E-state index in [-0.39, 0.29) is 17.7 Å². The van der Waals surface area contributed by atoms with Gasteiger partial charge in [0.2, 0.25) is 5.82 Å². The lowest BCUT2D eigenvalue weighted by Gasteiger charge is -2.32. The maximum atomic E-state index is 13.5. The van der Waals surface area contributed by atoms with Crippen molar-refractivity contribution in [3.05, 3.63) is 87.0 Å². The van der Waals surface area contributed by atoms with Crippen LogP contribution in [0.15, 0.2) is 53.3 Å². The molecular formula is C26H29N6O2+. The van der Waals surface area contributed by atoms with Gasteiger partial charge in [-0.3, -0.25) is 4.79 Å². The Labute approximate surface area is 197 Å². The van der Waals surface area contributed by atoms with Gasteiger partial charge >= 0.3 is 0 Å². The smallest absolute Gasteiger partial charge is 0.258 e. The second-order valence-electron chi connectivity index (χ2n) is 9.48. The number of pyridine rings is 1. The average molecular weight is 458 g/mol. The van der Waals surface area contributed by atoms with Crippen LogP contribution >= 0.6 is 0 Å². The lowest BCUT2D eigenvalue weighted by Crippen LogP contribution is -3.12. The van der Waals surface area contributed by atoms with Crippen molar-refractivity contribution in [3.8, 4) is 0 Å². The summed E-state index contributed by atoms with van der Waals surface area (Å²) in [5.41, 5.74) is 5.26. The molecule has 6 rings (SSSR count). The van der Waals surface area contributed by atoms with E-state index in [1.165, 1.54) is 16.0 Å². The third-order valence-electron chi connectivity index (χ3n) is 7.31. The lowest BCUT2D eigenvalue weighted by atomic mass is 9.95. The third kappa shape index (κ3) is 3.82. The molecule has 0 spiro atoms. The van der Waals surface area contributed by atoms with E-state index in [4.69, 9.17) is 4.74 Å². The highest BCUT2D eigenvalue weighted by atomic mass is 16.5. The first-order valence-electron chi connectivity index (χ1n) is 12.1. The van der Waals surface area contributed by atoms with E-state index in [0.29, 0.717) is 12.1 Å². The fraction of sp³-hybridized carbons (Fsp3) is 0.385. The molecule has 2 aliphatic heterocycles. The van der Waals surface area contributed by atoms with E-state index in [1.807, 2.05) is 29.8 Å². The van der Waals surface area contributed by atoms with Crippen LogP contribution in [0.3, 0.4) is 0 Å². The van der Waals surface area contributed by atoms with Crippen LogP contribution in [0.1, 0.15) is 47.0 Å². The first-order chi connectivity index (χ1) is 16.7. The van der Waals surface area contributed by atoms with Crippen LogP contribution in [-0.4, -0.2) is 44.4 Å². The van der Waals surface area contributed by atoms with Crippen LogP contribution in [0.4, 0.5) is 0 Å². The summed E-state index contributed by atoms with van der Waals surface area (Å²) in [7, 11) is 0. The van der Waals surface area contributed by atoms with Gasteiger partial charge in [0.25, 0.3) is 5.56 Å². The number of nitrogens with zero attached hydrogens (tertiary/aromatic N) is 4. The van der Waals surface area contributed by atoms with E-state index < -0.39 is 0 Å². The molecule has 0 saturated carbocycles. The molecule has 1 saturated heterocycles. The van der Waals surface area contributed by atoms with Gasteiger partial charge in [-0.2, -0.15) is 0 Å². The van der Waals surface area contributed by atoms with Crippen molar-refractivity contribution in [1.29, 1.82) is 0 Å². The Kier molecular flexibility index (Phi) is 5.47. The van der Waals surface area contributed by atoms with E-state index in [9.17, 15) is 4.79 Å². The predicted octanol–water partition coefficient (Wildman–Crippen LogP) is 1.73. The lowest BCUT2D eigenvalue weighted by molar-refractivity contribution is -0.942. The number of tetrazole rings is 1. The van der Waals surface area contributed by atoms with Gasteiger partial charge in [0.1, 0.15) is 6.54 Å². The molecule has 2 aliphatic rings. The van der Waals surface area contributed by atoms with Crippen LogP contribution in [0.25, 0.3) is 10.9 Å². The number of ether oxygens (including phenoxy) is 1. The summed E-state index contributed by atoms with van der Waals surface area (Å²) >= 11 is 0. The number of aromatic amines is 1. The molecule has 1 fully saturated rings. The quantitative estimate of drug-likeness (QED) is 0.477. The van der Waals surface area contributed by atoms with Crippen LogP contribution in [0.2, 0.25) is 0 Å². The molecule has 4 heterocycles. The minimum atomic E-state index is -0.279. The van der Waals surface area contributed by atoms with Crippen molar-refractivity contribution in [2.45, 2.75) is 51.4 Å². The first kappa shape index (κ1) is 21.2. The molecule has 174 valence electrons. The monoisotopic (exact) mass is 457 g/mol. The van der Waals surface area contributed by atoms with Gasteiger partial charge in [-0.1, -0.05) is 42.5 Å². The summed E-state index contributed by atoms with van der Waals surface area (Å²) < 4.78 is 7.72. The van der Waals surface area contributed by atoms with Crippen LogP contribution in [0, 0.1) is 6.92 Å². The number of hydrogen-bond donors (Lipinski definition) is 2. The zero-order chi connectivity index (χ0) is 23.1. The maximum Gasteiger partial charge on any atom is 0.258 e. The van der Waals surface area contributed by atoms with Gasteiger partial charge in [0.05, 0.1) is 30.3 Å². The highest BCUT2D eigenvalue weighted by Crippen LogP contribution is 2.23. The van der Waals surface area contributed by atoms with Crippen molar-refractivity contribution in [2.24, 2.45) is 0 Å². The number of nitrogens with one attached hydrogen (secondary N) is 2. The Bertz CT molecular complexity index is 1390. The molecule has 2 aromatic carbocycles. The molecule has 8 heteroatoms. The van der Waals surface area contributed by atoms with Gasteiger partial charge in [-0.15, -0.1) is 5.10 Å². The number of hydrogen-bond acceptors (Lipinski definition) is 5. The topological polar surface area (TPSA) is 90.1 Å². The highest BCUT2D eigenvalue weighted by molar-refractivity contribution is 5.82. The largest absolute Gasteiger partial charge is 0.376 e. The Balaban J connectivity index is 1.47. The van der Waals surface area contributed by atoms with Crippen molar-refractivity contribution in [1.82, 2.24) is 25.2 Å². The number of aryl methyl sites for hydroxylation is 1. The number of H-pyrrole nitrogens is 1. The molecule has 2 aromatic heterocycles. The molecule has 0 amide bonds. The van der Waals surface area contributed by atoms with Crippen molar-refractivity contribution in [2.75, 3.05) is 13.2 Å². The van der Waals surface area contributed by atoms with Crippen LogP contribution in [-0.2, 0) is 24.2 Å². The van der Waals surface area contributed by atoms with E-state index in [1.54, 1.807) is 0 Å². The zero-order valence-electron chi connectivity index (χ0n) is 19.3. The average Bonchev–Trinajstić information content (AvgIpc) is 3.53. The Morgan fingerprint density at radius 1 is 1.21 bits per heavy atom. The molecule has 3 atom stereocenters. The Hall–Kier alpha value is -3.36. The Morgan fingerprint density at radius 2 is 2.09 bits per heavy atom. The van der Waals surface area contributed by atoms with Gasteiger partial charge in [-0.25, -0.2) is 4.68 Å². The van der Waals surface area contributed by atoms with Crippen molar-refractivity contribution < 1.29 is 9.64 Å². The van der Waals surface area contributed by atoms with E-state index in [2.05, 4.69) is 50.8 Å². The number of aromatic nitrogens is 5. The fourth-order valence-corrected chi connectivity index (χ4v) is 5.53. The molecule has 8 nitrogen and oxygen atoms in total. The summed E-state index contributed by atoms with van der Waals surface area (Å²) in [5.74, 6) is 0.724. The van der Waals surface area contributed by atoms with Crippen molar-refractivity contribution in [3.63, 3.8) is 0 Å². The number of quaternary nitrogens is 1. The number of fused-ring (bicyclic) bond motifs is 2. The molecule has 0 bridgehead atoms. The van der Waals surface area contributed by atoms with E-state index in [0.717, 1.165) is 61.2 Å². The molecule has 0 radical (unpaired) electrons. The number of benzene rings is 2. The molecule has 0 aliphatic carbocycles. The summed E-state index contributed by atoms with van der Waals surface area (Å²) in [5, 5.41) is 13.9. The second-order valence-corrected chi connectivity index (χ2v) is 9.48. The third-order valence-corrected chi connectivity index (χ3v) is 7.31. The summed E-state index contributed by atoms with van der Waals surface area (Å²) in [6.07, 6.45) is 3.13. The van der Waals surface area contributed by atoms with Gasteiger partial charge in [0, 0.05) is 18.6 Å². The van der Waals surface area contributed by atoms with Crippen LogP contribution in [0.5, 0.6) is 0 Å². The second kappa shape index (κ2) is 8.77. The summed E-state index contributed by atoms with van der Waals surface area (Å²) in [4.78, 5) is 17.9. The van der Waals surface area contributed by atoms with E-state index >= 15 is 0 Å². The number of rotatable bonds is 5. The minimum absolute atomic E-state index is 0.0789. The summed E-state index contributed by atoms with van der Waals surface area (Å²) in [6.45, 7) is 5.12.